The maximum atomic E-state index is 12.4. The van der Waals surface area contributed by atoms with Crippen LogP contribution in [-0.4, -0.2) is 54.3 Å². The second kappa shape index (κ2) is 8.25. The molecule has 0 aromatic carbocycles. The molecule has 0 fully saturated rings. The highest BCUT2D eigenvalue weighted by molar-refractivity contribution is 5.96. The molecule has 102 valence electrons. The van der Waals surface area contributed by atoms with Crippen LogP contribution in [0, 0.1) is 11.8 Å². The largest absolute Gasteiger partial charge is 0.384 e. The van der Waals surface area contributed by atoms with Gasteiger partial charge in [0.1, 0.15) is 6.61 Å². The Balaban J connectivity index is 2.97. The average Bonchev–Trinajstić information content (AvgIpc) is 2.46. The third kappa shape index (κ3) is 4.36. The van der Waals surface area contributed by atoms with Crippen LogP contribution in [0.15, 0.2) is 18.5 Å². The molecule has 0 atom stereocenters. The van der Waals surface area contributed by atoms with E-state index >= 15 is 0 Å². The second-order valence-electron chi connectivity index (χ2n) is 3.76. The molecule has 1 rings (SSSR count). The molecule has 0 aliphatic rings. The Morgan fingerprint density at radius 3 is 3.00 bits per heavy atom. The van der Waals surface area contributed by atoms with Crippen LogP contribution in [0.25, 0.3) is 0 Å². The summed E-state index contributed by atoms with van der Waals surface area (Å²) in [5.74, 6) is 5.16. The predicted octanol–water partition coefficient (Wildman–Crippen LogP) is 0.534. The van der Waals surface area contributed by atoms with Crippen molar-refractivity contribution in [1.29, 1.82) is 0 Å². The van der Waals surface area contributed by atoms with E-state index in [0.29, 0.717) is 30.8 Å². The summed E-state index contributed by atoms with van der Waals surface area (Å²) >= 11 is 0. The molecule has 0 radical (unpaired) electrons. The Kier molecular flexibility index (Phi) is 6.58. The number of ether oxygens (including phenoxy) is 1. The summed E-state index contributed by atoms with van der Waals surface area (Å²) < 4.78 is 4.99. The number of pyridine rings is 1. The van der Waals surface area contributed by atoms with Gasteiger partial charge >= 0.3 is 0 Å². The molecule has 0 unspecified atom stereocenters. The summed E-state index contributed by atoms with van der Waals surface area (Å²) in [5.41, 5.74) is 1.02. The van der Waals surface area contributed by atoms with Crippen molar-refractivity contribution in [3.63, 3.8) is 0 Å². The van der Waals surface area contributed by atoms with Gasteiger partial charge in [-0.15, -0.1) is 0 Å². The highest BCUT2D eigenvalue weighted by Gasteiger charge is 2.16. The van der Waals surface area contributed by atoms with Crippen LogP contribution in [0.5, 0.6) is 0 Å². The van der Waals surface area contributed by atoms with E-state index in [0.717, 1.165) is 0 Å². The second-order valence-corrected chi connectivity index (χ2v) is 3.76. The number of likely N-dealkylation sites (N-methyl/N-ethyl adjacent to an activating group) is 1. The van der Waals surface area contributed by atoms with Crippen LogP contribution in [0.3, 0.4) is 0 Å². The summed E-state index contributed by atoms with van der Waals surface area (Å²) in [7, 11) is 1.60. The van der Waals surface area contributed by atoms with Crippen molar-refractivity contribution < 1.29 is 14.6 Å². The Labute approximate surface area is 113 Å². The zero-order valence-electron chi connectivity index (χ0n) is 11.2. The minimum absolute atomic E-state index is 0.107. The van der Waals surface area contributed by atoms with Crippen molar-refractivity contribution in [1.82, 2.24) is 9.88 Å². The number of hydrogen-bond acceptors (Lipinski definition) is 4. The summed E-state index contributed by atoms with van der Waals surface area (Å²) in [4.78, 5) is 18.0. The van der Waals surface area contributed by atoms with E-state index < -0.39 is 0 Å². The van der Waals surface area contributed by atoms with Gasteiger partial charge in [0.25, 0.3) is 5.91 Å². The standard InChI is InChI=1S/C14H18N2O3/c1-3-16(8-10-19-2)14(18)13-6-7-15-11-12(13)5-4-9-17/h6-7,11,17H,3,8-10H2,1-2H3. The lowest BCUT2D eigenvalue weighted by Crippen LogP contribution is -2.34. The van der Waals surface area contributed by atoms with Crippen molar-refractivity contribution in [2.45, 2.75) is 6.92 Å². The van der Waals surface area contributed by atoms with Gasteiger partial charge < -0.3 is 14.7 Å². The third-order valence-corrected chi connectivity index (χ3v) is 2.59. The zero-order chi connectivity index (χ0) is 14.1. The van der Waals surface area contributed by atoms with E-state index in [2.05, 4.69) is 16.8 Å². The van der Waals surface area contributed by atoms with Crippen LogP contribution in [0.4, 0.5) is 0 Å². The first-order valence-corrected chi connectivity index (χ1v) is 6.06. The lowest BCUT2D eigenvalue weighted by molar-refractivity contribution is 0.0706. The first kappa shape index (κ1) is 15.2. The molecule has 1 aromatic rings. The fourth-order valence-electron chi connectivity index (χ4n) is 1.59. The van der Waals surface area contributed by atoms with Gasteiger partial charge in [0.2, 0.25) is 0 Å². The molecule has 19 heavy (non-hydrogen) atoms. The lowest BCUT2D eigenvalue weighted by Gasteiger charge is -2.20. The molecular formula is C14H18N2O3. The van der Waals surface area contributed by atoms with Crippen LogP contribution >= 0.6 is 0 Å². The van der Waals surface area contributed by atoms with Crippen molar-refractivity contribution in [2.75, 3.05) is 33.4 Å². The molecule has 1 amide bonds. The molecule has 1 aromatic heterocycles. The van der Waals surface area contributed by atoms with E-state index in [-0.39, 0.29) is 12.5 Å². The Hall–Kier alpha value is -1.90. The highest BCUT2D eigenvalue weighted by Crippen LogP contribution is 2.09. The molecule has 0 aliphatic carbocycles. The summed E-state index contributed by atoms with van der Waals surface area (Å²) in [5, 5.41) is 8.72. The van der Waals surface area contributed by atoms with E-state index in [1.807, 2.05) is 6.92 Å². The van der Waals surface area contributed by atoms with Crippen molar-refractivity contribution in [2.24, 2.45) is 0 Å². The normalized spacial score (nSPS) is 9.63. The molecule has 5 nitrogen and oxygen atoms in total. The molecule has 0 saturated carbocycles. The number of methoxy groups -OCH3 is 1. The number of amides is 1. The fraction of sp³-hybridized carbons (Fsp3) is 0.429. The van der Waals surface area contributed by atoms with Crippen molar-refractivity contribution in [3.8, 4) is 11.8 Å². The van der Waals surface area contributed by atoms with Gasteiger partial charge in [-0.05, 0) is 13.0 Å². The maximum Gasteiger partial charge on any atom is 0.255 e. The number of aliphatic hydroxyl groups excluding tert-OH is 1. The van der Waals surface area contributed by atoms with Gasteiger partial charge in [0.05, 0.1) is 17.7 Å². The van der Waals surface area contributed by atoms with Crippen LogP contribution in [0.1, 0.15) is 22.8 Å². The monoisotopic (exact) mass is 262 g/mol. The molecule has 1 N–H and O–H groups in total. The van der Waals surface area contributed by atoms with Crippen molar-refractivity contribution >= 4 is 5.91 Å². The van der Waals surface area contributed by atoms with E-state index in [1.165, 1.54) is 6.20 Å². The minimum atomic E-state index is -0.246. The Morgan fingerprint density at radius 2 is 2.37 bits per heavy atom. The van der Waals surface area contributed by atoms with Gasteiger partial charge in [0.15, 0.2) is 0 Å². The molecule has 0 spiro atoms. The first-order valence-electron chi connectivity index (χ1n) is 6.06. The quantitative estimate of drug-likeness (QED) is 0.786. The third-order valence-electron chi connectivity index (χ3n) is 2.59. The minimum Gasteiger partial charge on any atom is -0.384 e. The van der Waals surface area contributed by atoms with E-state index in [4.69, 9.17) is 9.84 Å². The number of aliphatic hydroxyl groups is 1. The molecular weight excluding hydrogens is 244 g/mol. The topological polar surface area (TPSA) is 62.7 Å². The number of aromatic nitrogens is 1. The SMILES string of the molecule is CCN(CCOC)C(=O)c1ccncc1C#CCO. The summed E-state index contributed by atoms with van der Waals surface area (Å²) in [6.45, 7) is 3.28. The number of hydrogen-bond donors (Lipinski definition) is 1. The Morgan fingerprint density at radius 1 is 1.58 bits per heavy atom. The van der Waals surface area contributed by atoms with Gasteiger partial charge in [-0.3, -0.25) is 9.78 Å². The van der Waals surface area contributed by atoms with Crippen molar-refractivity contribution in [3.05, 3.63) is 29.6 Å². The number of nitrogens with zero attached hydrogens (tertiary/aromatic N) is 2. The zero-order valence-corrected chi connectivity index (χ0v) is 11.2. The molecule has 5 heteroatoms. The number of rotatable bonds is 5. The molecule has 0 aliphatic heterocycles. The van der Waals surface area contributed by atoms with Gasteiger partial charge in [0, 0.05) is 32.6 Å². The lowest BCUT2D eigenvalue weighted by atomic mass is 10.1. The van der Waals surface area contributed by atoms with Crippen LogP contribution in [0.2, 0.25) is 0 Å². The number of carbonyl (C=O) groups excluding carboxylic acids is 1. The average molecular weight is 262 g/mol. The first-order chi connectivity index (χ1) is 9.24. The van der Waals surface area contributed by atoms with Gasteiger partial charge in [-0.1, -0.05) is 11.8 Å². The molecule has 0 saturated heterocycles. The maximum absolute atomic E-state index is 12.4. The van der Waals surface area contributed by atoms with E-state index in [1.54, 1.807) is 24.3 Å². The highest BCUT2D eigenvalue weighted by atomic mass is 16.5. The summed E-state index contributed by atoms with van der Waals surface area (Å²) in [6.07, 6.45) is 3.08. The smallest absolute Gasteiger partial charge is 0.255 e. The fourth-order valence-corrected chi connectivity index (χ4v) is 1.59. The molecule has 1 heterocycles. The number of carbonyl (C=O) groups is 1. The Bertz CT molecular complexity index is 477. The van der Waals surface area contributed by atoms with Crippen LogP contribution < -0.4 is 0 Å². The van der Waals surface area contributed by atoms with E-state index in [9.17, 15) is 4.79 Å². The van der Waals surface area contributed by atoms with Gasteiger partial charge in [-0.2, -0.15) is 0 Å². The molecule has 0 bridgehead atoms. The van der Waals surface area contributed by atoms with Crippen LogP contribution in [-0.2, 0) is 4.74 Å². The summed E-state index contributed by atoms with van der Waals surface area (Å²) in [6, 6.07) is 1.64. The van der Waals surface area contributed by atoms with Gasteiger partial charge in [-0.25, -0.2) is 0 Å². The predicted molar refractivity (Wildman–Crippen MR) is 71.7 cm³/mol.